The Labute approximate surface area is 73.6 Å². The van der Waals surface area contributed by atoms with E-state index in [9.17, 15) is 0 Å². The van der Waals surface area contributed by atoms with E-state index in [-0.39, 0.29) is 18.9 Å². The summed E-state index contributed by atoms with van der Waals surface area (Å²) in [5, 5.41) is 0. The van der Waals surface area contributed by atoms with E-state index in [1.165, 1.54) is 0 Å². The number of ether oxygens (including phenoxy) is 1. The molecule has 1 nitrogen and oxygen atoms in total. The molecule has 0 saturated heterocycles. The van der Waals surface area contributed by atoms with E-state index in [1.54, 1.807) is 7.11 Å². The van der Waals surface area contributed by atoms with Crippen LogP contribution in [0.15, 0.2) is 18.2 Å². The van der Waals surface area contributed by atoms with Gasteiger partial charge in [0.05, 0.1) is 7.11 Å². The van der Waals surface area contributed by atoms with E-state index < -0.39 is 0 Å². The molecule has 48 valence electrons. The summed E-state index contributed by atoms with van der Waals surface area (Å²) in [6.07, 6.45) is 0. The standard InChI is InChI=1S/C8H9O.Li/c1-7-4-3-5-8(6-7)9-2;/h3,5-6H,1-2H3;/q-1;+1. The van der Waals surface area contributed by atoms with Gasteiger partial charge in [-0.3, -0.25) is 0 Å². The summed E-state index contributed by atoms with van der Waals surface area (Å²) in [5.74, 6) is 0.895. The van der Waals surface area contributed by atoms with Crippen molar-refractivity contribution in [3.05, 3.63) is 29.8 Å². The molecule has 0 aliphatic carbocycles. The summed E-state index contributed by atoms with van der Waals surface area (Å²) in [7, 11) is 1.66. The summed E-state index contributed by atoms with van der Waals surface area (Å²) in [5.41, 5.74) is 1.11. The fourth-order valence-corrected chi connectivity index (χ4v) is 0.685. The number of aryl methyl sites for hydroxylation is 1. The number of benzene rings is 1. The van der Waals surface area contributed by atoms with Gasteiger partial charge in [0.1, 0.15) is 0 Å². The van der Waals surface area contributed by atoms with Crippen LogP contribution in [0.4, 0.5) is 0 Å². The first-order chi connectivity index (χ1) is 4.33. The zero-order valence-corrected chi connectivity index (χ0v) is 6.64. The van der Waals surface area contributed by atoms with Crippen LogP contribution < -0.4 is 23.6 Å². The van der Waals surface area contributed by atoms with Crippen LogP contribution in [0.3, 0.4) is 0 Å². The van der Waals surface area contributed by atoms with Crippen LogP contribution in [-0.2, 0) is 0 Å². The molecule has 0 aliphatic rings. The molecule has 1 rings (SSSR count). The minimum absolute atomic E-state index is 0. The molecule has 10 heavy (non-hydrogen) atoms. The molecule has 1 aromatic rings. The van der Waals surface area contributed by atoms with Crippen LogP contribution in [0.25, 0.3) is 0 Å². The zero-order chi connectivity index (χ0) is 6.69. The summed E-state index contributed by atoms with van der Waals surface area (Å²) in [4.78, 5) is 0. The molecule has 0 amide bonds. The molecule has 0 N–H and O–H groups in total. The van der Waals surface area contributed by atoms with Gasteiger partial charge in [-0.15, -0.1) is 12.1 Å². The molecular formula is C8H9LiO. The van der Waals surface area contributed by atoms with Crippen LogP contribution in [0.5, 0.6) is 5.75 Å². The fraction of sp³-hybridized carbons (Fsp3) is 0.250. The zero-order valence-electron chi connectivity index (χ0n) is 6.64. The Bertz CT molecular complexity index is 198. The van der Waals surface area contributed by atoms with Gasteiger partial charge in [0.25, 0.3) is 0 Å². The van der Waals surface area contributed by atoms with Crippen molar-refractivity contribution in [3.63, 3.8) is 0 Å². The molecule has 0 bridgehead atoms. The molecule has 0 aliphatic heterocycles. The topological polar surface area (TPSA) is 9.23 Å². The van der Waals surface area contributed by atoms with E-state index in [0.717, 1.165) is 11.3 Å². The van der Waals surface area contributed by atoms with Crippen molar-refractivity contribution in [3.8, 4) is 5.75 Å². The third-order valence-corrected chi connectivity index (χ3v) is 1.15. The molecule has 2 heteroatoms. The second-order valence-corrected chi connectivity index (χ2v) is 1.91. The van der Waals surface area contributed by atoms with Gasteiger partial charge in [-0.25, -0.2) is 0 Å². The second-order valence-electron chi connectivity index (χ2n) is 1.91. The molecule has 0 heterocycles. The first kappa shape index (κ1) is 9.62. The van der Waals surface area contributed by atoms with Crippen LogP contribution in [0.1, 0.15) is 5.56 Å². The smallest absolute Gasteiger partial charge is 0.522 e. The Morgan fingerprint density at radius 2 is 2.20 bits per heavy atom. The van der Waals surface area contributed by atoms with Gasteiger partial charge in [0.2, 0.25) is 0 Å². The average Bonchev–Trinajstić information content (AvgIpc) is 1.88. The monoisotopic (exact) mass is 128 g/mol. The minimum atomic E-state index is 0. The maximum Gasteiger partial charge on any atom is 1.00 e. The third-order valence-electron chi connectivity index (χ3n) is 1.15. The van der Waals surface area contributed by atoms with Crippen molar-refractivity contribution in [1.82, 2.24) is 0 Å². The molecule has 0 saturated carbocycles. The number of hydrogen-bond acceptors (Lipinski definition) is 1. The van der Waals surface area contributed by atoms with Gasteiger partial charge in [-0.1, -0.05) is 6.92 Å². The first-order valence-electron chi connectivity index (χ1n) is 2.85. The van der Waals surface area contributed by atoms with Crippen molar-refractivity contribution in [2.45, 2.75) is 6.92 Å². The Morgan fingerprint density at radius 1 is 1.50 bits per heavy atom. The van der Waals surface area contributed by atoms with Crippen molar-refractivity contribution >= 4 is 0 Å². The Kier molecular flexibility index (Phi) is 4.27. The van der Waals surface area contributed by atoms with Crippen molar-refractivity contribution in [2.24, 2.45) is 0 Å². The maximum atomic E-state index is 4.97. The van der Waals surface area contributed by atoms with Crippen LogP contribution in [-0.4, -0.2) is 7.11 Å². The van der Waals surface area contributed by atoms with E-state index in [2.05, 4.69) is 6.07 Å². The predicted molar refractivity (Wildman–Crippen MR) is 36.6 cm³/mol. The van der Waals surface area contributed by atoms with E-state index in [1.807, 2.05) is 25.1 Å². The van der Waals surface area contributed by atoms with Gasteiger partial charge in [0.15, 0.2) is 0 Å². The quantitative estimate of drug-likeness (QED) is 0.341. The fourth-order valence-electron chi connectivity index (χ4n) is 0.685. The average molecular weight is 128 g/mol. The normalized spacial score (nSPS) is 8.20. The van der Waals surface area contributed by atoms with Gasteiger partial charge in [0, 0.05) is 5.75 Å². The van der Waals surface area contributed by atoms with Crippen molar-refractivity contribution in [2.75, 3.05) is 7.11 Å². The molecular weight excluding hydrogens is 119 g/mol. The predicted octanol–water partition coefficient (Wildman–Crippen LogP) is -1.19. The molecule has 0 radical (unpaired) electrons. The number of methoxy groups -OCH3 is 1. The maximum absolute atomic E-state index is 4.97. The van der Waals surface area contributed by atoms with Crippen molar-refractivity contribution < 1.29 is 23.6 Å². The largest absolute Gasteiger partial charge is 1.00 e. The molecule has 0 fully saturated rings. The first-order valence-corrected chi connectivity index (χ1v) is 2.85. The Balaban J connectivity index is 0.000000810. The van der Waals surface area contributed by atoms with E-state index in [0.29, 0.717) is 0 Å². The van der Waals surface area contributed by atoms with Crippen LogP contribution in [0, 0.1) is 13.0 Å². The molecule has 1 aromatic carbocycles. The summed E-state index contributed by atoms with van der Waals surface area (Å²) >= 11 is 0. The molecule has 0 atom stereocenters. The summed E-state index contributed by atoms with van der Waals surface area (Å²) in [6.45, 7) is 1.99. The van der Waals surface area contributed by atoms with Crippen molar-refractivity contribution in [1.29, 1.82) is 0 Å². The third kappa shape index (κ3) is 2.47. The number of hydrogen-bond donors (Lipinski definition) is 0. The number of rotatable bonds is 1. The minimum Gasteiger partial charge on any atom is -0.522 e. The summed E-state index contributed by atoms with van der Waals surface area (Å²) in [6, 6.07) is 8.71. The SMILES string of the molecule is COc1cc[c-]c(C)c1.[Li+]. The van der Waals surface area contributed by atoms with E-state index >= 15 is 0 Å². The molecule has 0 aromatic heterocycles. The second kappa shape index (κ2) is 4.44. The van der Waals surface area contributed by atoms with E-state index in [4.69, 9.17) is 4.74 Å². The molecule has 0 unspecified atom stereocenters. The van der Waals surface area contributed by atoms with Gasteiger partial charge in [-0.2, -0.15) is 17.7 Å². The Hall–Kier alpha value is -0.383. The van der Waals surface area contributed by atoms with Gasteiger partial charge in [-0.05, 0) is 0 Å². The van der Waals surface area contributed by atoms with Crippen LogP contribution in [0.2, 0.25) is 0 Å². The van der Waals surface area contributed by atoms with Crippen LogP contribution >= 0.6 is 0 Å². The summed E-state index contributed by atoms with van der Waals surface area (Å²) < 4.78 is 4.97. The molecule has 0 spiro atoms. The van der Waals surface area contributed by atoms with Gasteiger partial charge < -0.3 is 4.74 Å². The van der Waals surface area contributed by atoms with Gasteiger partial charge >= 0.3 is 18.9 Å². The Morgan fingerprint density at radius 3 is 2.60 bits per heavy atom.